The first-order chi connectivity index (χ1) is 9.90. The molecule has 21 heavy (non-hydrogen) atoms. The van der Waals surface area contributed by atoms with Gasteiger partial charge in [-0.05, 0) is 43.7 Å². The number of aromatic hydroxyl groups is 1. The van der Waals surface area contributed by atoms with Crippen LogP contribution in [0.25, 0.3) is 0 Å². The molecule has 4 heteroatoms. The van der Waals surface area contributed by atoms with Crippen LogP contribution < -0.4 is 5.73 Å². The molecule has 0 fully saturated rings. The third kappa shape index (κ3) is 3.16. The van der Waals surface area contributed by atoms with Crippen molar-refractivity contribution >= 4 is 11.6 Å². The van der Waals surface area contributed by atoms with Crippen molar-refractivity contribution in [3.8, 4) is 5.75 Å². The minimum atomic E-state index is -0.236. The van der Waals surface area contributed by atoms with Crippen molar-refractivity contribution in [1.82, 2.24) is 4.90 Å². The fourth-order valence-electron chi connectivity index (χ4n) is 2.37. The molecule has 0 aliphatic heterocycles. The van der Waals surface area contributed by atoms with E-state index in [9.17, 15) is 9.90 Å². The number of anilines is 1. The normalized spacial score (nSPS) is 12.0. The van der Waals surface area contributed by atoms with Crippen molar-refractivity contribution in [1.29, 1.82) is 0 Å². The SMILES string of the molecule is Cc1cc(N)cc(C(=O)N(C)C(C)c2ccccc2O)c1. The molecule has 0 aliphatic rings. The van der Waals surface area contributed by atoms with Gasteiger partial charge in [0, 0.05) is 23.9 Å². The Morgan fingerprint density at radius 3 is 2.52 bits per heavy atom. The summed E-state index contributed by atoms with van der Waals surface area (Å²) in [6.45, 7) is 3.78. The zero-order valence-corrected chi connectivity index (χ0v) is 12.5. The van der Waals surface area contributed by atoms with Crippen LogP contribution in [0.2, 0.25) is 0 Å². The van der Waals surface area contributed by atoms with Crippen LogP contribution in [0.4, 0.5) is 5.69 Å². The molecule has 3 N–H and O–H groups in total. The maximum Gasteiger partial charge on any atom is 0.254 e. The second kappa shape index (κ2) is 5.87. The molecule has 0 aliphatic carbocycles. The summed E-state index contributed by atoms with van der Waals surface area (Å²) in [5, 5.41) is 9.91. The maximum atomic E-state index is 12.6. The largest absolute Gasteiger partial charge is 0.508 e. The van der Waals surface area contributed by atoms with E-state index in [-0.39, 0.29) is 17.7 Å². The number of carbonyl (C=O) groups is 1. The summed E-state index contributed by atoms with van der Waals surface area (Å²) in [5.41, 5.74) is 8.59. The third-order valence-electron chi connectivity index (χ3n) is 3.63. The van der Waals surface area contributed by atoms with Crippen LogP contribution in [0.1, 0.15) is 34.5 Å². The molecular weight excluding hydrogens is 264 g/mol. The van der Waals surface area contributed by atoms with Gasteiger partial charge < -0.3 is 15.7 Å². The van der Waals surface area contributed by atoms with Crippen LogP contribution in [0, 0.1) is 6.92 Å². The molecule has 0 saturated heterocycles. The van der Waals surface area contributed by atoms with Crippen molar-refractivity contribution in [2.45, 2.75) is 19.9 Å². The standard InChI is InChI=1S/C17H20N2O2/c1-11-8-13(10-14(18)9-11)17(21)19(3)12(2)15-6-4-5-7-16(15)20/h4-10,12,20H,18H2,1-3H3. The number of nitrogens with two attached hydrogens (primary N) is 1. The van der Waals surface area contributed by atoms with Gasteiger partial charge in [-0.2, -0.15) is 0 Å². The average molecular weight is 284 g/mol. The Labute approximate surface area is 124 Å². The molecule has 4 nitrogen and oxygen atoms in total. The molecule has 0 spiro atoms. The lowest BCUT2D eigenvalue weighted by Gasteiger charge is -2.26. The third-order valence-corrected chi connectivity index (χ3v) is 3.63. The van der Waals surface area contributed by atoms with E-state index in [0.29, 0.717) is 16.8 Å². The Morgan fingerprint density at radius 1 is 1.24 bits per heavy atom. The highest BCUT2D eigenvalue weighted by molar-refractivity contribution is 5.95. The highest BCUT2D eigenvalue weighted by atomic mass is 16.3. The van der Waals surface area contributed by atoms with Gasteiger partial charge in [0.15, 0.2) is 0 Å². The number of para-hydroxylation sites is 1. The van der Waals surface area contributed by atoms with Crippen LogP contribution >= 0.6 is 0 Å². The fourth-order valence-corrected chi connectivity index (χ4v) is 2.37. The summed E-state index contributed by atoms with van der Waals surface area (Å²) in [5.74, 6) is 0.0644. The molecule has 0 saturated carbocycles. The van der Waals surface area contributed by atoms with E-state index in [1.54, 1.807) is 30.1 Å². The fraction of sp³-hybridized carbons (Fsp3) is 0.235. The van der Waals surface area contributed by atoms with Crippen molar-refractivity contribution in [2.24, 2.45) is 0 Å². The number of nitrogens with zero attached hydrogens (tertiary/aromatic N) is 1. The van der Waals surface area contributed by atoms with Crippen LogP contribution in [0.5, 0.6) is 5.75 Å². The number of rotatable bonds is 3. The van der Waals surface area contributed by atoms with Crippen LogP contribution in [0.15, 0.2) is 42.5 Å². The van der Waals surface area contributed by atoms with Crippen molar-refractivity contribution in [2.75, 3.05) is 12.8 Å². The summed E-state index contributed by atoms with van der Waals surface area (Å²) in [6.07, 6.45) is 0. The van der Waals surface area contributed by atoms with Crippen molar-refractivity contribution in [3.63, 3.8) is 0 Å². The number of hydrogen-bond acceptors (Lipinski definition) is 3. The van der Waals surface area contributed by atoms with Gasteiger partial charge in [-0.15, -0.1) is 0 Å². The highest BCUT2D eigenvalue weighted by Crippen LogP contribution is 2.28. The van der Waals surface area contributed by atoms with E-state index in [2.05, 4.69) is 0 Å². The number of amides is 1. The Balaban J connectivity index is 2.28. The number of benzene rings is 2. The predicted molar refractivity (Wildman–Crippen MR) is 84.2 cm³/mol. The molecule has 110 valence electrons. The Kier molecular flexibility index (Phi) is 4.17. The quantitative estimate of drug-likeness (QED) is 0.851. The van der Waals surface area contributed by atoms with E-state index >= 15 is 0 Å². The van der Waals surface area contributed by atoms with Gasteiger partial charge in [0.2, 0.25) is 0 Å². The predicted octanol–water partition coefficient (Wildman–Crippen LogP) is 3.12. The number of carbonyl (C=O) groups excluding carboxylic acids is 1. The number of phenolic OH excluding ortho intramolecular Hbond substituents is 1. The Hall–Kier alpha value is -2.49. The minimum absolute atomic E-state index is 0.124. The first-order valence-corrected chi connectivity index (χ1v) is 6.82. The lowest BCUT2D eigenvalue weighted by molar-refractivity contribution is 0.0741. The molecule has 1 unspecified atom stereocenters. The molecule has 0 radical (unpaired) electrons. The lowest BCUT2D eigenvalue weighted by atomic mass is 10.0. The van der Waals surface area contributed by atoms with E-state index in [0.717, 1.165) is 5.56 Å². The number of aryl methyl sites for hydroxylation is 1. The zero-order chi connectivity index (χ0) is 15.6. The molecule has 2 aromatic rings. The summed E-state index contributed by atoms with van der Waals surface area (Å²) in [4.78, 5) is 14.2. The number of phenols is 1. The molecule has 0 aromatic heterocycles. The van der Waals surface area contributed by atoms with Gasteiger partial charge in [-0.3, -0.25) is 4.79 Å². The molecule has 2 rings (SSSR count). The van der Waals surface area contributed by atoms with Gasteiger partial charge in [0.05, 0.1) is 6.04 Å². The van der Waals surface area contributed by atoms with Gasteiger partial charge >= 0.3 is 0 Å². The zero-order valence-electron chi connectivity index (χ0n) is 12.5. The lowest BCUT2D eigenvalue weighted by Crippen LogP contribution is -2.29. The second-order valence-corrected chi connectivity index (χ2v) is 5.28. The van der Waals surface area contributed by atoms with E-state index in [1.165, 1.54) is 0 Å². The molecular formula is C17H20N2O2. The number of hydrogen-bond donors (Lipinski definition) is 2. The minimum Gasteiger partial charge on any atom is -0.508 e. The molecule has 0 heterocycles. The summed E-state index contributed by atoms with van der Waals surface area (Å²) in [6, 6.07) is 12.1. The Bertz CT molecular complexity index is 647. The van der Waals surface area contributed by atoms with Gasteiger partial charge in [0.25, 0.3) is 5.91 Å². The summed E-state index contributed by atoms with van der Waals surface area (Å²) >= 11 is 0. The Morgan fingerprint density at radius 2 is 1.90 bits per heavy atom. The highest BCUT2D eigenvalue weighted by Gasteiger charge is 2.21. The molecule has 0 bridgehead atoms. The van der Waals surface area contributed by atoms with E-state index in [1.807, 2.05) is 38.1 Å². The van der Waals surface area contributed by atoms with Crippen LogP contribution in [-0.2, 0) is 0 Å². The molecule has 2 aromatic carbocycles. The number of nitrogen functional groups attached to an aromatic ring is 1. The van der Waals surface area contributed by atoms with Crippen LogP contribution in [-0.4, -0.2) is 23.0 Å². The van der Waals surface area contributed by atoms with Crippen molar-refractivity contribution in [3.05, 3.63) is 59.2 Å². The first kappa shape index (κ1) is 14.9. The summed E-state index contributed by atoms with van der Waals surface area (Å²) in [7, 11) is 1.72. The van der Waals surface area contributed by atoms with Gasteiger partial charge in [-0.1, -0.05) is 18.2 Å². The summed E-state index contributed by atoms with van der Waals surface area (Å²) < 4.78 is 0. The molecule has 1 amide bonds. The maximum absolute atomic E-state index is 12.6. The first-order valence-electron chi connectivity index (χ1n) is 6.82. The van der Waals surface area contributed by atoms with E-state index < -0.39 is 0 Å². The van der Waals surface area contributed by atoms with Gasteiger partial charge in [-0.25, -0.2) is 0 Å². The average Bonchev–Trinajstić information content (AvgIpc) is 2.44. The smallest absolute Gasteiger partial charge is 0.254 e. The molecule has 1 atom stereocenters. The second-order valence-electron chi connectivity index (χ2n) is 5.28. The van der Waals surface area contributed by atoms with E-state index in [4.69, 9.17) is 5.73 Å². The topological polar surface area (TPSA) is 66.6 Å². The van der Waals surface area contributed by atoms with Crippen molar-refractivity contribution < 1.29 is 9.90 Å². The van der Waals surface area contributed by atoms with Gasteiger partial charge in [0.1, 0.15) is 5.75 Å². The monoisotopic (exact) mass is 284 g/mol. The van der Waals surface area contributed by atoms with Crippen LogP contribution in [0.3, 0.4) is 0 Å².